The molecule has 5 nitrogen and oxygen atoms in total. The number of methoxy groups -OCH3 is 2. The molecule has 3 aromatic carbocycles. The summed E-state index contributed by atoms with van der Waals surface area (Å²) in [6.07, 6.45) is -0.725. The summed E-state index contributed by atoms with van der Waals surface area (Å²) in [5, 5.41) is 1.96. The van der Waals surface area contributed by atoms with Gasteiger partial charge in [0.25, 0.3) is 0 Å². The van der Waals surface area contributed by atoms with Gasteiger partial charge in [0.2, 0.25) is 0 Å². The second-order valence-corrected chi connectivity index (χ2v) is 7.14. The summed E-state index contributed by atoms with van der Waals surface area (Å²) in [5.41, 5.74) is 2.73. The van der Waals surface area contributed by atoms with Crippen molar-refractivity contribution < 1.29 is 19.0 Å². The van der Waals surface area contributed by atoms with Crippen molar-refractivity contribution in [1.29, 1.82) is 0 Å². The third kappa shape index (κ3) is 4.21. The Morgan fingerprint density at radius 1 is 0.839 bits per heavy atom. The highest BCUT2D eigenvalue weighted by Gasteiger charge is 2.25. The SMILES string of the molecule is COc1ccc(C(OC(=O)c2ccccc2)c2nc(C)cc3ccccc23)cc1OC. The number of hydrogen-bond acceptors (Lipinski definition) is 5. The third-order valence-electron chi connectivity index (χ3n) is 5.09. The molecule has 0 aliphatic heterocycles. The lowest BCUT2D eigenvalue weighted by molar-refractivity contribution is 0.0372. The smallest absolute Gasteiger partial charge is 0.339 e. The maximum absolute atomic E-state index is 13.0. The van der Waals surface area contributed by atoms with Crippen molar-refractivity contribution in [3.8, 4) is 11.5 Å². The number of benzene rings is 3. The summed E-state index contributed by atoms with van der Waals surface area (Å²) < 4.78 is 16.9. The van der Waals surface area contributed by atoms with E-state index in [9.17, 15) is 4.79 Å². The van der Waals surface area contributed by atoms with Crippen molar-refractivity contribution in [2.45, 2.75) is 13.0 Å². The second-order valence-electron chi connectivity index (χ2n) is 7.14. The van der Waals surface area contributed by atoms with E-state index < -0.39 is 12.1 Å². The molecule has 0 spiro atoms. The van der Waals surface area contributed by atoms with E-state index in [-0.39, 0.29) is 0 Å². The van der Waals surface area contributed by atoms with Crippen LogP contribution in [-0.4, -0.2) is 25.2 Å². The minimum absolute atomic E-state index is 0.423. The summed E-state index contributed by atoms with van der Waals surface area (Å²) in [6.45, 7) is 1.93. The zero-order valence-electron chi connectivity index (χ0n) is 17.7. The Morgan fingerprint density at radius 3 is 2.29 bits per heavy atom. The lowest BCUT2D eigenvalue weighted by Gasteiger charge is -2.21. The first-order chi connectivity index (χ1) is 15.1. The number of esters is 1. The Bertz CT molecular complexity index is 1220. The number of nitrogens with zero attached hydrogens (tertiary/aromatic N) is 1. The molecule has 0 saturated carbocycles. The minimum atomic E-state index is -0.725. The van der Waals surface area contributed by atoms with Gasteiger partial charge >= 0.3 is 5.97 Å². The van der Waals surface area contributed by atoms with Gasteiger partial charge in [-0.3, -0.25) is 4.98 Å². The van der Waals surface area contributed by atoms with Gasteiger partial charge in [-0.25, -0.2) is 4.79 Å². The molecule has 1 heterocycles. The largest absolute Gasteiger partial charge is 0.493 e. The van der Waals surface area contributed by atoms with Gasteiger partial charge in [0.05, 0.1) is 25.5 Å². The molecule has 1 atom stereocenters. The van der Waals surface area contributed by atoms with Crippen molar-refractivity contribution in [1.82, 2.24) is 4.98 Å². The molecule has 1 aromatic heterocycles. The highest BCUT2D eigenvalue weighted by molar-refractivity contribution is 5.90. The monoisotopic (exact) mass is 413 g/mol. The molecule has 0 aliphatic carbocycles. The summed E-state index contributed by atoms with van der Waals surface area (Å²) >= 11 is 0. The Labute approximate surface area is 181 Å². The summed E-state index contributed by atoms with van der Waals surface area (Å²) in [5.74, 6) is 0.729. The van der Waals surface area contributed by atoms with Crippen LogP contribution in [0.5, 0.6) is 11.5 Å². The average molecular weight is 413 g/mol. The quantitative estimate of drug-likeness (QED) is 0.390. The van der Waals surface area contributed by atoms with Gasteiger partial charge in [-0.2, -0.15) is 0 Å². The number of carbonyl (C=O) groups excluding carboxylic acids is 1. The third-order valence-corrected chi connectivity index (χ3v) is 5.09. The van der Waals surface area contributed by atoms with E-state index in [1.165, 1.54) is 0 Å². The molecule has 31 heavy (non-hydrogen) atoms. The molecule has 0 radical (unpaired) electrons. The van der Waals surface area contributed by atoms with Crippen LogP contribution < -0.4 is 9.47 Å². The molecule has 1 unspecified atom stereocenters. The molecule has 0 saturated heterocycles. The van der Waals surface area contributed by atoms with Gasteiger partial charge in [-0.1, -0.05) is 48.5 Å². The summed E-state index contributed by atoms with van der Waals surface area (Å²) in [4.78, 5) is 17.8. The summed E-state index contributed by atoms with van der Waals surface area (Å²) in [7, 11) is 3.16. The van der Waals surface area contributed by atoms with Crippen molar-refractivity contribution in [2.75, 3.05) is 14.2 Å². The number of fused-ring (bicyclic) bond motifs is 1. The van der Waals surface area contributed by atoms with Gasteiger partial charge in [0.1, 0.15) is 0 Å². The van der Waals surface area contributed by atoms with E-state index in [2.05, 4.69) is 0 Å². The summed E-state index contributed by atoms with van der Waals surface area (Å²) in [6, 6.07) is 24.4. The van der Waals surface area contributed by atoms with E-state index in [4.69, 9.17) is 19.2 Å². The normalized spacial score (nSPS) is 11.7. The van der Waals surface area contributed by atoms with Crippen LogP contribution in [0.15, 0.2) is 78.9 Å². The molecular formula is C26H23NO4. The van der Waals surface area contributed by atoms with E-state index in [0.29, 0.717) is 22.8 Å². The van der Waals surface area contributed by atoms with Crippen LogP contribution in [0.2, 0.25) is 0 Å². The van der Waals surface area contributed by atoms with Crippen molar-refractivity contribution >= 4 is 16.7 Å². The predicted molar refractivity (Wildman–Crippen MR) is 120 cm³/mol. The molecule has 4 aromatic rings. The number of pyridine rings is 1. The first-order valence-electron chi connectivity index (χ1n) is 9.95. The van der Waals surface area contributed by atoms with Crippen LogP contribution in [0, 0.1) is 6.92 Å². The van der Waals surface area contributed by atoms with Crippen LogP contribution in [0.4, 0.5) is 0 Å². The first-order valence-corrected chi connectivity index (χ1v) is 9.95. The highest BCUT2D eigenvalue weighted by Crippen LogP contribution is 2.36. The van der Waals surface area contributed by atoms with Gasteiger partial charge in [0.15, 0.2) is 17.6 Å². The number of aryl methyl sites for hydroxylation is 1. The van der Waals surface area contributed by atoms with Crippen molar-refractivity contribution in [2.24, 2.45) is 0 Å². The Hall–Kier alpha value is -3.86. The van der Waals surface area contributed by atoms with Gasteiger partial charge in [-0.15, -0.1) is 0 Å². The van der Waals surface area contributed by atoms with Gasteiger partial charge < -0.3 is 14.2 Å². The zero-order valence-corrected chi connectivity index (χ0v) is 17.7. The Balaban J connectivity index is 1.87. The zero-order chi connectivity index (χ0) is 21.8. The van der Waals surface area contributed by atoms with Crippen LogP contribution in [-0.2, 0) is 4.74 Å². The van der Waals surface area contributed by atoms with Crippen LogP contribution in [0.1, 0.15) is 33.4 Å². The van der Waals surface area contributed by atoms with Gasteiger partial charge in [0, 0.05) is 16.6 Å². The first kappa shape index (κ1) is 20.4. The lowest BCUT2D eigenvalue weighted by atomic mass is 9.99. The van der Waals surface area contributed by atoms with Crippen LogP contribution in [0.25, 0.3) is 10.8 Å². The van der Waals surface area contributed by atoms with E-state index >= 15 is 0 Å². The number of hydrogen-bond donors (Lipinski definition) is 0. The maximum Gasteiger partial charge on any atom is 0.339 e. The number of rotatable bonds is 6. The van der Waals surface area contributed by atoms with Crippen molar-refractivity contribution in [3.63, 3.8) is 0 Å². The Morgan fingerprint density at radius 2 is 1.55 bits per heavy atom. The fourth-order valence-corrected chi connectivity index (χ4v) is 3.61. The molecule has 0 fully saturated rings. The van der Waals surface area contributed by atoms with E-state index in [1.807, 2.05) is 67.6 Å². The molecule has 4 rings (SSSR count). The molecule has 0 aliphatic rings. The molecule has 156 valence electrons. The predicted octanol–water partition coefficient (Wildman–Crippen LogP) is 5.51. The van der Waals surface area contributed by atoms with Gasteiger partial charge in [-0.05, 0) is 42.6 Å². The average Bonchev–Trinajstić information content (AvgIpc) is 2.82. The molecule has 5 heteroatoms. The van der Waals surface area contributed by atoms with Crippen LogP contribution in [0.3, 0.4) is 0 Å². The molecule has 0 N–H and O–H groups in total. The van der Waals surface area contributed by atoms with E-state index in [1.54, 1.807) is 32.4 Å². The van der Waals surface area contributed by atoms with E-state index in [0.717, 1.165) is 22.0 Å². The van der Waals surface area contributed by atoms with Crippen molar-refractivity contribution in [3.05, 3.63) is 101 Å². The number of aromatic nitrogens is 1. The molecule has 0 amide bonds. The lowest BCUT2D eigenvalue weighted by Crippen LogP contribution is -2.15. The number of ether oxygens (including phenoxy) is 3. The maximum atomic E-state index is 13.0. The highest BCUT2D eigenvalue weighted by atomic mass is 16.5. The minimum Gasteiger partial charge on any atom is -0.493 e. The molecule has 0 bridgehead atoms. The fourth-order valence-electron chi connectivity index (χ4n) is 3.61. The fraction of sp³-hybridized carbons (Fsp3) is 0.154. The Kier molecular flexibility index (Phi) is 5.85. The topological polar surface area (TPSA) is 57.7 Å². The standard InChI is InChI=1S/C26H23NO4/c1-17-15-19-11-7-8-12-21(19)24(27-17)25(31-26(28)18-9-5-4-6-10-18)20-13-14-22(29-2)23(16-20)30-3/h4-16,25H,1-3H3. The van der Waals surface area contributed by atoms with Crippen LogP contribution >= 0.6 is 0 Å². The molecular weight excluding hydrogens is 390 g/mol. The second kappa shape index (κ2) is 8.88. The number of carbonyl (C=O) groups is 1.